The molecule has 11 nitrogen and oxygen atoms in total. The van der Waals surface area contributed by atoms with Gasteiger partial charge in [-0.2, -0.15) is 5.10 Å². The van der Waals surface area contributed by atoms with Crippen LogP contribution in [0.15, 0.2) is 46.2 Å². The van der Waals surface area contributed by atoms with Crippen LogP contribution in [0.3, 0.4) is 0 Å². The number of carbonyl (C=O) groups excluding carboxylic acids is 1. The number of fused-ring (bicyclic) bond motifs is 1. The zero-order chi connectivity index (χ0) is 32.3. The van der Waals surface area contributed by atoms with Gasteiger partial charge in [0.1, 0.15) is 33.0 Å². The van der Waals surface area contributed by atoms with Crippen molar-refractivity contribution in [2.24, 2.45) is 0 Å². The minimum atomic E-state index is -1.52. The van der Waals surface area contributed by atoms with Crippen LogP contribution >= 0.6 is 11.3 Å². The van der Waals surface area contributed by atoms with Crippen molar-refractivity contribution in [2.45, 2.75) is 77.1 Å². The average molecular weight is 642 g/mol. The van der Waals surface area contributed by atoms with Crippen molar-refractivity contribution in [2.75, 3.05) is 27.4 Å². The highest BCUT2D eigenvalue weighted by atomic mass is 32.1. The summed E-state index contributed by atoms with van der Waals surface area (Å²) in [5.74, 6) is -0.523. The summed E-state index contributed by atoms with van der Waals surface area (Å²) in [6.45, 7) is 5.28. The van der Waals surface area contributed by atoms with E-state index in [2.05, 4.69) is 10.4 Å². The smallest absolute Gasteiger partial charge is 0.333 e. The first-order chi connectivity index (χ1) is 21.6. The van der Waals surface area contributed by atoms with Gasteiger partial charge >= 0.3 is 5.69 Å². The fraction of sp³-hybridized carbons (Fsp3) is 0.500. The van der Waals surface area contributed by atoms with Crippen LogP contribution in [0.1, 0.15) is 63.2 Å². The van der Waals surface area contributed by atoms with Crippen LogP contribution in [-0.4, -0.2) is 58.3 Å². The molecular formula is C32H40FN5O6S. The highest BCUT2D eigenvalue weighted by Crippen LogP contribution is 2.34. The van der Waals surface area contributed by atoms with Gasteiger partial charge in [-0.3, -0.25) is 14.2 Å². The van der Waals surface area contributed by atoms with Crippen molar-refractivity contribution < 1.29 is 23.4 Å². The van der Waals surface area contributed by atoms with E-state index in [-0.39, 0.29) is 25.8 Å². The molecule has 13 heteroatoms. The minimum Gasteiger partial charge on any atom is -0.496 e. The van der Waals surface area contributed by atoms with Gasteiger partial charge in [-0.25, -0.2) is 18.4 Å². The Labute approximate surface area is 264 Å². The monoisotopic (exact) mass is 641 g/mol. The molecule has 1 aliphatic rings. The molecule has 3 heterocycles. The molecular weight excluding hydrogens is 601 g/mol. The van der Waals surface area contributed by atoms with Crippen LogP contribution in [-0.2, 0) is 26.4 Å². The Morgan fingerprint density at radius 2 is 1.93 bits per heavy atom. The number of rotatable bonds is 12. The number of aryl methyl sites for hydroxylation is 1. The molecule has 1 saturated carbocycles. The van der Waals surface area contributed by atoms with Crippen LogP contribution in [0.5, 0.6) is 5.75 Å². The molecule has 1 aromatic carbocycles. The Morgan fingerprint density at radius 1 is 1.18 bits per heavy atom. The number of benzene rings is 1. The van der Waals surface area contributed by atoms with Crippen molar-refractivity contribution >= 4 is 27.5 Å². The molecule has 0 bridgehead atoms. The van der Waals surface area contributed by atoms with Gasteiger partial charge in [-0.1, -0.05) is 30.6 Å². The predicted octanol–water partition coefficient (Wildman–Crippen LogP) is 4.45. The largest absolute Gasteiger partial charge is 0.496 e. The molecule has 1 fully saturated rings. The molecule has 0 spiro atoms. The molecule has 0 radical (unpaired) electrons. The van der Waals surface area contributed by atoms with Gasteiger partial charge in [-0.15, -0.1) is 0 Å². The number of nitrogens with zero attached hydrogens (tertiary/aromatic N) is 4. The van der Waals surface area contributed by atoms with Gasteiger partial charge in [0, 0.05) is 36.7 Å². The average Bonchev–Trinajstić information content (AvgIpc) is 3.67. The summed E-state index contributed by atoms with van der Waals surface area (Å²) < 4.78 is 35.6. The third-order valence-corrected chi connectivity index (χ3v) is 9.75. The van der Waals surface area contributed by atoms with E-state index in [4.69, 9.17) is 14.2 Å². The summed E-state index contributed by atoms with van der Waals surface area (Å²) in [5, 5.41) is 8.39. The van der Waals surface area contributed by atoms with Crippen molar-refractivity contribution in [1.82, 2.24) is 24.2 Å². The number of ether oxygens (including phenoxy) is 3. The van der Waals surface area contributed by atoms with Gasteiger partial charge in [0.25, 0.3) is 5.56 Å². The Hall–Kier alpha value is -3.81. The molecule has 1 amide bonds. The summed E-state index contributed by atoms with van der Waals surface area (Å²) in [6, 6.07) is 5.85. The maximum Gasteiger partial charge on any atom is 0.333 e. The number of nitrogens with one attached hydrogen (secondary N) is 1. The molecule has 0 unspecified atom stereocenters. The van der Waals surface area contributed by atoms with E-state index in [1.165, 1.54) is 48.3 Å². The number of carbonyl (C=O) groups is 1. The van der Waals surface area contributed by atoms with Crippen molar-refractivity contribution in [3.05, 3.63) is 74.4 Å². The minimum absolute atomic E-state index is 0.0134. The first-order valence-electron chi connectivity index (χ1n) is 15.1. The van der Waals surface area contributed by atoms with Gasteiger partial charge in [0.2, 0.25) is 5.91 Å². The summed E-state index contributed by atoms with van der Waals surface area (Å²) in [6.07, 6.45) is 7.38. The standard InChI is InChI=1S/C32H40FN5O6S/c1-20-26-27(39)38(32(2,3)30(40)35-22-10-7-6-8-11-22)31(41)36(29(26)45-28(20)37-15-9-14-34-37)19-25(44-17-16-42-4)23-18-21(33)12-13-24(23)43-5/h9,12-15,18,22,25H,6-8,10-11,16-17,19H2,1-5H3,(H,35,40)/t25-/m0/s1. The summed E-state index contributed by atoms with van der Waals surface area (Å²) in [7, 11) is 3.01. The molecule has 5 rings (SSSR count). The molecule has 0 saturated heterocycles. The topological polar surface area (TPSA) is 119 Å². The summed E-state index contributed by atoms with van der Waals surface area (Å²) in [5.41, 5.74) is -1.76. The SMILES string of the molecule is COCCO[C@@H](Cn1c(=O)n(C(C)(C)C(=O)NC2CCCCC2)c(=O)c2c(C)c(-n3cccn3)sc21)c1cc(F)ccc1OC. The molecule has 1 atom stereocenters. The number of hydrogen-bond acceptors (Lipinski definition) is 8. The number of amides is 1. The van der Waals surface area contributed by atoms with Crippen molar-refractivity contribution in [3.8, 4) is 10.8 Å². The Bertz CT molecular complexity index is 1770. The normalized spacial score (nSPS) is 15.0. The van der Waals surface area contributed by atoms with Crippen LogP contribution < -0.4 is 21.3 Å². The molecule has 3 aromatic heterocycles. The second-order valence-electron chi connectivity index (χ2n) is 11.8. The van der Waals surface area contributed by atoms with Crippen molar-refractivity contribution in [3.63, 3.8) is 0 Å². The predicted molar refractivity (Wildman–Crippen MR) is 170 cm³/mol. The fourth-order valence-electron chi connectivity index (χ4n) is 5.94. The quantitative estimate of drug-likeness (QED) is 0.227. The second kappa shape index (κ2) is 13.7. The van der Waals surface area contributed by atoms with E-state index in [1.807, 2.05) is 0 Å². The van der Waals surface area contributed by atoms with E-state index in [9.17, 15) is 18.8 Å². The lowest BCUT2D eigenvalue weighted by molar-refractivity contribution is -0.129. The third kappa shape index (κ3) is 6.47. The summed E-state index contributed by atoms with van der Waals surface area (Å²) >= 11 is 1.24. The Morgan fingerprint density at radius 3 is 2.60 bits per heavy atom. The molecule has 242 valence electrons. The first kappa shape index (κ1) is 32.6. The lowest BCUT2D eigenvalue weighted by Gasteiger charge is -2.31. The van der Waals surface area contributed by atoms with Gasteiger partial charge in [-0.05, 0) is 57.9 Å². The Kier molecular flexibility index (Phi) is 9.90. The number of hydrogen-bond donors (Lipinski definition) is 1. The third-order valence-electron chi connectivity index (χ3n) is 8.45. The van der Waals surface area contributed by atoms with Gasteiger partial charge < -0.3 is 19.5 Å². The van der Waals surface area contributed by atoms with E-state index >= 15 is 0 Å². The van der Waals surface area contributed by atoms with E-state index in [0.717, 1.165) is 36.7 Å². The molecule has 1 N–H and O–H groups in total. The van der Waals surface area contributed by atoms with E-state index < -0.39 is 34.6 Å². The molecule has 45 heavy (non-hydrogen) atoms. The van der Waals surface area contributed by atoms with Crippen molar-refractivity contribution in [1.29, 1.82) is 0 Å². The maximum absolute atomic E-state index is 14.6. The van der Waals surface area contributed by atoms with Crippen LogP contribution in [0, 0.1) is 12.7 Å². The number of halogens is 1. The van der Waals surface area contributed by atoms with Crippen LogP contribution in [0.25, 0.3) is 15.2 Å². The maximum atomic E-state index is 14.6. The molecule has 4 aromatic rings. The van der Waals surface area contributed by atoms with Gasteiger partial charge in [0.15, 0.2) is 0 Å². The lowest BCUT2D eigenvalue weighted by atomic mass is 9.94. The zero-order valence-electron chi connectivity index (χ0n) is 26.3. The zero-order valence-corrected chi connectivity index (χ0v) is 27.1. The van der Waals surface area contributed by atoms with Crippen LogP contribution in [0.2, 0.25) is 0 Å². The van der Waals surface area contributed by atoms with E-state index in [0.29, 0.717) is 32.1 Å². The molecule has 0 aliphatic heterocycles. The number of methoxy groups -OCH3 is 2. The first-order valence-corrected chi connectivity index (χ1v) is 15.9. The number of aromatic nitrogens is 4. The van der Waals surface area contributed by atoms with Crippen LogP contribution in [0.4, 0.5) is 4.39 Å². The second-order valence-corrected chi connectivity index (χ2v) is 12.8. The fourth-order valence-corrected chi connectivity index (χ4v) is 7.19. The lowest BCUT2D eigenvalue weighted by Crippen LogP contribution is -2.57. The highest BCUT2D eigenvalue weighted by Gasteiger charge is 2.37. The number of thiophene rings is 1. The van der Waals surface area contributed by atoms with E-state index in [1.54, 1.807) is 43.9 Å². The Balaban J connectivity index is 1.71. The van der Waals surface area contributed by atoms with Gasteiger partial charge in [0.05, 0.1) is 32.3 Å². The molecule has 1 aliphatic carbocycles. The summed E-state index contributed by atoms with van der Waals surface area (Å²) in [4.78, 5) is 43.0. The highest BCUT2D eigenvalue weighted by molar-refractivity contribution is 7.21.